The molecule has 13 heavy (non-hydrogen) atoms. The van der Waals surface area contributed by atoms with Crippen molar-refractivity contribution < 1.29 is 4.58 Å². The van der Waals surface area contributed by atoms with Gasteiger partial charge in [-0.2, -0.15) is 0 Å². The summed E-state index contributed by atoms with van der Waals surface area (Å²) >= 11 is 0. The number of rotatable bonds is 3. The predicted octanol–water partition coefficient (Wildman–Crippen LogP) is 3.06. The molecule has 0 radical (unpaired) electrons. The smallest absolute Gasteiger partial charge is 0.164 e. The maximum Gasteiger partial charge on any atom is 0.164 e. The summed E-state index contributed by atoms with van der Waals surface area (Å²) in [6.07, 6.45) is 9.44. The maximum atomic E-state index is 2.37. The van der Waals surface area contributed by atoms with Crippen LogP contribution in [-0.4, -0.2) is 16.8 Å². The largest absolute Gasteiger partial charge is 0.207 e. The van der Waals surface area contributed by atoms with Crippen LogP contribution in [0, 0.1) is 11.8 Å². The van der Waals surface area contributed by atoms with Gasteiger partial charge in [0.15, 0.2) is 12.2 Å². The van der Waals surface area contributed by atoms with Crippen molar-refractivity contribution in [1.82, 2.24) is 0 Å². The lowest BCUT2D eigenvalue weighted by Crippen LogP contribution is -2.22. The van der Waals surface area contributed by atoms with Crippen LogP contribution in [0.5, 0.6) is 0 Å². The molecule has 1 heterocycles. The van der Waals surface area contributed by atoms with E-state index in [-0.39, 0.29) is 0 Å². The summed E-state index contributed by atoms with van der Waals surface area (Å²) in [4.78, 5) is 0. The minimum atomic E-state index is 0.606. The summed E-state index contributed by atoms with van der Waals surface area (Å²) in [7, 11) is 0. The first-order valence-electron chi connectivity index (χ1n) is 5.44. The van der Waals surface area contributed by atoms with Crippen LogP contribution in [0.4, 0.5) is 0 Å². The number of nitrogens with zero attached hydrogens (tertiary/aromatic N) is 1. The molecule has 0 N–H and O–H groups in total. The third kappa shape index (κ3) is 2.68. The second-order valence-electron chi connectivity index (χ2n) is 4.35. The predicted molar refractivity (Wildman–Crippen MR) is 58.2 cm³/mol. The molecule has 0 aromatic rings. The fraction of sp³-hybridized carbons (Fsp3) is 0.750. The molecule has 0 aliphatic carbocycles. The summed E-state index contributed by atoms with van der Waals surface area (Å²) < 4.78 is 2.30. The van der Waals surface area contributed by atoms with Gasteiger partial charge >= 0.3 is 0 Å². The summed E-state index contributed by atoms with van der Waals surface area (Å²) in [5.74, 6) is 1.59. The van der Waals surface area contributed by atoms with E-state index in [2.05, 4.69) is 50.8 Å². The number of hydrogen-bond donors (Lipinski definition) is 0. The number of allylic oxidation sites excluding steroid dienone is 1. The summed E-state index contributed by atoms with van der Waals surface area (Å²) in [6.45, 7) is 9.07. The van der Waals surface area contributed by atoms with Crippen molar-refractivity contribution in [3.63, 3.8) is 0 Å². The molecule has 1 rings (SSSR count). The Bertz CT molecular complexity index is 213. The summed E-state index contributed by atoms with van der Waals surface area (Å²) in [5.41, 5.74) is 0. The van der Waals surface area contributed by atoms with Crippen molar-refractivity contribution in [3.05, 3.63) is 12.3 Å². The first-order valence-corrected chi connectivity index (χ1v) is 5.44. The van der Waals surface area contributed by atoms with Crippen molar-refractivity contribution in [2.24, 2.45) is 11.8 Å². The van der Waals surface area contributed by atoms with Gasteiger partial charge in [0, 0.05) is 6.42 Å². The van der Waals surface area contributed by atoms with E-state index in [1.807, 2.05) is 0 Å². The van der Waals surface area contributed by atoms with Crippen LogP contribution in [0.2, 0.25) is 0 Å². The zero-order chi connectivity index (χ0) is 9.84. The van der Waals surface area contributed by atoms with Crippen molar-refractivity contribution in [3.8, 4) is 0 Å². The van der Waals surface area contributed by atoms with E-state index in [1.165, 1.54) is 12.8 Å². The van der Waals surface area contributed by atoms with Gasteiger partial charge in [0.25, 0.3) is 0 Å². The first kappa shape index (κ1) is 10.5. The standard InChI is InChI=1S/C12H22N/c1-5-11(4)12-6-8-13(9-7-12)10(2)3/h6,8-12H,5,7H2,1-4H3/q+1. The molecule has 1 nitrogen and oxygen atoms in total. The molecule has 0 fully saturated rings. The van der Waals surface area contributed by atoms with Gasteiger partial charge in [-0.1, -0.05) is 20.3 Å². The van der Waals surface area contributed by atoms with Gasteiger partial charge in [0.05, 0.1) is 0 Å². The molecule has 0 saturated carbocycles. The van der Waals surface area contributed by atoms with E-state index < -0.39 is 0 Å². The Morgan fingerprint density at radius 3 is 2.46 bits per heavy atom. The maximum absolute atomic E-state index is 2.37. The highest BCUT2D eigenvalue weighted by molar-refractivity contribution is 5.53. The monoisotopic (exact) mass is 180 g/mol. The zero-order valence-electron chi connectivity index (χ0n) is 9.33. The molecule has 2 unspecified atom stereocenters. The van der Waals surface area contributed by atoms with Crippen LogP contribution in [0.1, 0.15) is 40.5 Å². The second-order valence-corrected chi connectivity index (χ2v) is 4.35. The average Bonchev–Trinajstić information content (AvgIpc) is 2.17. The van der Waals surface area contributed by atoms with Crippen molar-refractivity contribution in [2.75, 3.05) is 0 Å². The third-order valence-corrected chi connectivity index (χ3v) is 3.06. The number of hydrogen-bond acceptors (Lipinski definition) is 0. The van der Waals surface area contributed by atoms with E-state index in [1.54, 1.807) is 0 Å². The highest BCUT2D eigenvalue weighted by Gasteiger charge is 2.19. The second kappa shape index (κ2) is 4.59. The van der Waals surface area contributed by atoms with Crippen LogP contribution in [0.15, 0.2) is 12.3 Å². The highest BCUT2D eigenvalue weighted by Crippen LogP contribution is 2.21. The third-order valence-electron chi connectivity index (χ3n) is 3.06. The van der Waals surface area contributed by atoms with E-state index in [4.69, 9.17) is 0 Å². The molecular weight excluding hydrogens is 158 g/mol. The summed E-state index contributed by atoms with van der Waals surface area (Å²) in [6, 6.07) is 0.606. The lowest BCUT2D eigenvalue weighted by Gasteiger charge is -2.19. The Morgan fingerprint density at radius 1 is 1.38 bits per heavy atom. The van der Waals surface area contributed by atoms with E-state index in [0.29, 0.717) is 6.04 Å². The minimum Gasteiger partial charge on any atom is -0.207 e. The Labute approximate surface area is 82.2 Å². The van der Waals surface area contributed by atoms with Crippen LogP contribution >= 0.6 is 0 Å². The normalized spacial score (nSPS) is 24.7. The van der Waals surface area contributed by atoms with E-state index >= 15 is 0 Å². The van der Waals surface area contributed by atoms with Crippen LogP contribution < -0.4 is 0 Å². The van der Waals surface area contributed by atoms with Crippen molar-refractivity contribution in [1.29, 1.82) is 0 Å². The lowest BCUT2D eigenvalue weighted by atomic mass is 9.88. The van der Waals surface area contributed by atoms with Crippen LogP contribution in [0.25, 0.3) is 0 Å². The fourth-order valence-electron chi connectivity index (χ4n) is 1.70. The highest BCUT2D eigenvalue weighted by atomic mass is 15.0. The molecule has 0 amide bonds. The quantitative estimate of drug-likeness (QED) is 0.587. The van der Waals surface area contributed by atoms with Crippen molar-refractivity contribution >= 4 is 6.21 Å². The fourth-order valence-corrected chi connectivity index (χ4v) is 1.70. The van der Waals surface area contributed by atoms with Gasteiger partial charge in [-0.15, -0.1) is 0 Å². The molecule has 0 aromatic heterocycles. The molecule has 2 atom stereocenters. The molecule has 1 heteroatoms. The minimum absolute atomic E-state index is 0.606. The van der Waals surface area contributed by atoms with Gasteiger partial charge in [-0.05, 0) is 31.8 Å². The lowest BCUT2D eigenvalue weighted by molar-refractivity contribution is -0.490. The van der Waals surface area contributed by atoms with Crippen LogP contribution in [-0.2, 0) is 0 Å². The van der Waals surface area contributed by atoms with Crippen LogP contribution in [0.3, 0.4) is 0 Å². The van der Waals surface area contributed by atoms with Gasteiger partial charge in [-0.3, -0.25) is 0 Å². The van der Waals surface area contributed by atoms with Gasteiger partial charge in [0.2, 0.25) is 0 Å². The molecule has 1 aliphatic heterocycles. The van der Waals surface area contributed by atoms with Gasteiger partial charge in [-0.25, -0.2) is 4.58 Å². The van der Waals surface area contributed by atoms with E-state index in [9.17, 15) is 0 Å². The molecule has 0 saturated heterocycles. The first-order chi connectivity index (χ1) is 6.15. The molecule has 1 aliphatic rings. The molecule has 74 valence electrons. The van der Waals surface area contributed by atoms with E-state index in [0.717, 1.165) is 11.8 Å². The summed E-state index contributed by atoms with van der Waals surface area (Å²) in [5, 5.41) is 0. The molecule has 0 spiro atoms. The molecule has 0 bridgehead atoms. The Morgan fingerprint density at radius 2 is 2.08 bits per heavy atom. The Kier molecular flexibility index (Phi) is 3.71. The Balaban J connectivity index is 2.53. The molecule has 0 aromatic carbocycles. The Hall–Kier alpha value is -0.590. The average molecular weight is 180 g/mol. The van der Waals surface area contributed by atoms with Gasteiger partial charge < -0.3 is 0 Å². The zero-order valence-corrected chi connectivity index (χ0v) is 9.33. The van der Waals surface area contributed by atoms with Gasteiger partial charge in [0.1, 0.15) is 6.21 Å². The molecular formula is C12H22N+. The van der Waals surface area contributed by atoms with Crippen molar-refractivity contribution in [2.45, 2.75) is 46.6 Å². The topological polar surface area (TPSA) is 3.01 Å². The SMILES string of the molecule is CCC(C)C1C=C[N+](C(C)C)=CC1.